The van der Waals surface area contributed by atoms with Crippen LogP contribution < -0.4 is 15.8 Å². The minimum Gasteiger partial charge on any atom is -0.493 e. The Morgan fingerprint density at radius 3 is 2.83 bits per heavy atom. The molecule has 0 bridgehead atoms. The van der Waals surface area contributed by atoms with E-state index in [-0.39, 0.29) is 17.8 Å². The molecule has 3 N–H and O–H groups in total. The van der Waals surface area contributed by atoms with E-state index in [0.717, 1.165) is 0 Å². The van der Waals surface area contributed by atoms with Gasteiger partial charge in [0.2, 0.25) is 5.91 Å². The van der Waals surface area contributed by atoms with E-state index in [2.05, 4.69) is 5.32 Å². The first-order valence-corrected chi connectivity index (χ1v) is 5.93. The van der Waals surface area contributed by atoms with Crippen molar-refractivity contribution in [2.24, 2.45) is 5.73 Å². The number of amides is 1. The molecule has 0 radical (unpaired) electrons. The number of hydrogen-bond acceptors (Lipinski definition) is 3. The molecule has 18 heavy (non-hydrogen) atoms. The summed E-state index contributed by atoms with van der Waals surface area (Å²) in [5.41, 5.74) is 6.08. The number of rotatable bonds is 6. The van der Waals surface area contributed by atoms with E-state index in [1.165, 1.54) is 6.07 Å². The van der Waals surface area contributed by atoms with Gasteiger partial charge in [-0.1, -0.05) is 6.07 Å². The highest BCUT2D eigenvalue weighted by Crippen LogP contribution is 2.20. The predicted octanol–water partition coefficient (Wildman–Crippen LogP) is 1.75. The lowest BCUT2D eigenvalue weighted by molar-refractivity contribution is -0.120. The highest BCUT2D eigenvalue weighted by atomic mass is 19.1. The Bertz CT molecular complexity index is 408. The quantitative estimate of drug-likeness (QED) is 0.760. The van der Waals surface area contributed by atoms with E-state index >= 15 is 0 Å². The van der Waals surface area contributed by atoms with Crippen molar-refractivity contribution in [2.75, 3.05) is 13.7 Å². The van der Waals surface area contributed by atoms with Crippen LogP contribution in [0.15, 0.2) is 18.2 Å². The maximum Gasteiger partial charge on any atom is 0.219 e. The summed E-state index contributed by atoms with van der Waals surface area (Å²) in [6, 6.07) is 4.28. The summed E-state index contributed by atoms with van der Waals surface area (Å²) < 4.78 is 18.9. The zero-order chi connectivity index (χ0) is 13.5. The summed E-state index contributed by atoms with van der Waals surface area (Å²) in [4.78, 5) is 11.0. The minimum absolute atomic E-state index is 0.0305. The van der Waals surface area contributed by atoms with E-state index in [9.17, 15) is 9.18 Å². The normalized spacial score (nSPS) is 12.0. The van der Waals surface area contributed by atoms with Crippen molar-refractivity contribution in [3.8, 4) is 5.75 Å². The van der Waals surface area contributed by atoms with Crippen LogP contribution in [0.25, 0.3) is 0 Å². The molecule has 1 aromatic rings. The molecule has 0 heterocycles. The Balaban J connectivity index is 2.44. The number of carbonyl (C=O) groups is 1. The van der Waals surface area contributed by atoms with Crippen molar-refractivity contribution in [3.63, 3.8) is 0 Å². The van der Waals surface area contributed by atoms with Crippen molar-refractivity contribution in [1.82, 2.24) is 5.32 Å². The number of halogens is 1. The zero-order valence-electron chi connectivity index (χ0n) is 10.7. The third-order valence-electron chi connectivity index (χ3n) is 2.56. The summed E-state index contributed by atoms with van der Waals surface area (Å²) in [6.45, 7) is 2.10. The van der Waals surface area contributed by atoms with Crippen LogP contribution in [0.5, 0.6) is 5.75 Å². The van der Waals surface area contributed by atoms with E-state index in [4.69, 9.17) is 10.5 Å². The fourth-order valence-electron chi connectivity index (χ4n) is 1.51. The number of hydrogen-bond donors (Lipinski definition) is 2. The summed E-state index contributed by atoms with van der Waals surface area (Å²) in [5.74, 6) is 0.0553. The molecule has 5 heteroatoms. The molecule has 0 aliphatic rings. The largest absolute Gasteiger partial charge is 0.493 e. The van der Waals surface area contributed by atoms with Crippen LogP contribution in [0.3, 0.4) is 0 Å². The van der Waals surface area contributed by atoms with Crippen molar-refractivity contribution < 1.29 is 13.9 Å². The fourth-order valence-corrected chi connectivity index (χ4v) is 1.51. The molecule has 1 amide bonds. The maximum atomic E-state index is 13.6. The van der Waals surface area contributed by atoms with Gasteiger partial charge in [-0.25, -0.2) is 4.39 Å². The molecular weight excluding hydrogens is 235 g/mol. The predicted molar refractivity (Wildman–Crippen MR) is 67.8 cm³/mol. The first-order valence-electron chi connectivity index (χ1n) is 5.93. The van der Waals surface area contributed by atoms with Gasteiger partial charge in [0, 0.05) is 31.1 Å². The fraction of sp³-hybridized carbons (Fsp3) is 0.462. The van der Waals surface area contributed by atoms with Gasteiger partial charge in [-0.05, 0) is 19.4 Å². The lowest BCUT2D eigenvalue weighted by Crippen LogP contribution is -2.18. The van der Waals surface area contributed by atoms with E-state index in [1.54, 1.807) is 26.1 Å². The first-order chi connectivity index (χ1) is 8.54. The average Bonchev–Trinajstić information content (AvgIpc) is 2.34. The molecule has 100 valence electrons. The third-order valence-corrected chi connectivity index (χ3v) is 2.56. The first kappa shape index (κ1) is 14.4. The van der Waals surface area contributed by atoms with E-state index in [0.29, 0.717) is 30.8 Å². The van der Waals surface area contributed by atoms with Gasteiger partial charge in [-0.3, -0.25) is 4.79 Å². The van der Waals surface area contributed by atoms with Crippen LogP contribution in [-0.2, 0) is 4.79 Å². The standard InChI is InChI=1S/C13H19FN2O2/c1-9(15)11-6-5-10(8-12(11)14)18-7-3-4-13(17)16-2/h5-6,8-9H,3-4,7,15H2,1-2H3,(H,16,17)/t9-/m0/s1. The molecule has 1 atom stereocenters. The average molecular weight is 254 g/mol. The van der Waals surface area contributed by atoms with Crippen LogP contribution >= 0.6 is 0 Å². The van der Waals surface area contributed by atoms with Crippen molar-refractivity contribution in [3.05, 3.63) is 29.6 Å². The molecule has 0 saturated carbocycles. The van der Waals surface area contributed by atoms with Crippen LogP contribution in [0.2, 0.25) is 0 Å². The second kappa shape index (κ2) is 6.96. The van der Waals surface area contributed by atoms with Crippen LogP contribution in [0, 0.1) is 5.82 Å². The van der Waals surface area contributed by atoms with Crippen molar-refractivity contribution in [2.45, 2.75) is 25.8 Å². The number of ether oxygens (including phenoxy) is 1. The molecule has 0 saturated heterocycles. The number of carbonyl (C=O) groups excluding carboxylic acids is 1. The lowest BCUT2D eigenvalue weighted by atomic mass is 10.1. The Hall–Kier alpha value is -1.62. The highest BCUT2D eigenvalue weighted by Gasteiger charge is 2.08. The van der Waals surface area contributed by atoms with Crippen molar-refractivity contribution >= 4 is 5.91 Å². The monoisotopic (exact) mass is 254 g/mol. The second-order valence-electron chi connectivity index (χ2n) is 4.10. The molecule has 0 aromatic heterocycles. The topological polar surface area (TPSA) is 64.3 Å². The Labute approximate surface area is 106 Å². The highest BCUT2D eigenvalue weighted by molar-refractivity contribution is 5.75. The van der Waals surface area contributed by atoms with E-state index in [1.807, 2.05) is 0 Å². The lowest BCUT2D eigenvalue weighted by Gasteiger charge is -2.10. The molecular formula is C13H19FN2O2. The van der Waals surface area contributed by atoms with Crippen LogP contribution in [0.4, 0.5) is 4.39 Å². The third kappa shape index (κ3) is 4.33. The minimum atomic E-state index is -0.367. The summed E-state index contributed by atoms with van der Waals surface area (Å²) in [5, 5.41) is 2.52. The van der Waals surface area contributed by atoms with Gasteiger partial charge in [0.05, 0.1) is 6.61 Å². The molecule has 1 rings (SSSR count). The Kier molecular flexibility index (Phi) is 5.58. The molecule has 0 aliphatic carbocycles. The number of nitrogens with two attached hydrogens (primary N) is 1. The summed E-state index contributed by atoms with van der Waals surface area (Å²) >= 11 is 0. The van der Waals surface area contributed by atoms with Crippen LogP contribution in [0.1, 0.15) is 31.4 Å². The molecule has 0 aliphatic heterocycles. The Morgan fingerprint density at radius 2 is 2.28 bits per heavy atom. The Morgan fingerprint density at radius 1 is 1.56 bits per heavy atom. The van der Waals surface area contributed by atoms with Gasteiger partial charge >= 0.3 is 0 Å². The van der Waals surface area contributed by atoms with Gasteiger partial charge in [-0.2, -0.15) is 0 Å². The molecule has 0 fully saturated rings. The number of benzene rings is 1. The summed E-state index contributed by atoms with van der Waals surface area (Å²) in [6.07, 6.45) is 0.993. The maximum absolute atomic E-state index is 13.6. The van der Waals surface area contributed by atoms with Crippen LogP contribution in [-0.4, -0.2) is 19.6 Å². The smallest absolute Gasteiger partial charge is 0.219 e. The molecule has 0 spiro atoms. The van der Waals surface area contributed by atoms with Gasteiger partial charge in [0.25, 0.3) is 0 Å². The van der Waals surface area contributed by atoms with Gasteiger partial charge in [0.15, 0.2) is 0 Å². The molecule has 4 nitrogen and oxygen atoms in total. The van der Waals surface area contributed by atoms with Gasteiger partial charge in [-0.15, -0.1) is 0 Å². The van der Waals surface area contributed by atoms with E-state index < -0.39 is 0 Å². The zero-order valence-corrected chi connectivity index (χ0v) is 10.7. The number of nitrogens with one attached hydrogen (secondary N) is 1. The second-order valence-corrected chi connectivity index (χ2v) is 4.10. The van der Waals surface area contributed by atoms with Gasteiger partial charge < -0.3 is 15.8 Å². The van der Waals surface area contributed by atoms with Gasteiger partial charge in [0.1, 0.15) is 11.6 Å². The van der Waals surface area contributed by atoms with Crippen molar-refractivity contribution in [1.29, 1.82) is 0 Å². The molecule has 1 aromatic carbocycles. The molecule has 0 unspecified atom stereocenters. The SMILES string of the molecule is CNC(=O)CCCOc1ccc([C@H](C)N)c(F)c1. The summed E-state index contributed by atoms with van der Waals surface area (Å²) in [7, 11) is 1.59.